The predicted octanol–water partition coefficient (Wildman–Crippen LogP) is 2.58. The van der Waals surface area contributed by atoms with Crippen LogP contribution in [0.1, 0.15) is 55.6 Å². The van der Waals surface area contributed by atoms with Crippen molar-refractivity contribution < 1.29 is 13.5 Å². The summed E-state index contributed by atoms with van der Waals surface area (Å²) in [5.74, 6) is 7.36. The van der Waals surface area contributed by atoms with E-state index in [0.717, 1.165) is 30.5 Å². The SMILES string of the molecule is Cn1cnc(S(=O)(=O)N2CCCCN3[C@H](CO)[C@@H](c4ccc(C#CC5CCCC5)cc4)[C@@H]3C2)c1. The number of sulfonamides is 1. The van der Waals surface area contributed by atoms with Crippen LogP contribution in [0.5, 0.6) is 0 Å². The number of imidazole rings is 1. The van der Waals surface area contributed by atoms with Crippen molar-refractivity contribution in [1.82, 2.24) is 18.8 Å². The topological polar surface area (TPSA) is 78.7 Å². The molecule has 1 aliphatic carbocycles. The van der Waals surface area contributed by atoms with Crippen molar-refractivity contribution in [2.75, 3.05) is 26.2 Å². The number of aromatic nitrogens is 2. The summed E-state index contributed by atoms with van der Waals surface area (Å²) >= 11 is 0. The van der Waals surface area contributed by atoms with Gasteiger partial charge in [-0.2, -0.15) is 4.31 Å². The van der Waals surface area contributed by atoms with Gasteiger partial charge in [-0.05, 0) is 49.9 Å². The first-order valence-electron chi connectivity index (χ1n) is 12.4. The number of fused-ring (bicyclic) bond motifs is 1. The number of benzene rings is 1. The zero-order chi connectivity index (χ0) is 23.7. The summed E-state index contributed by atoms with van der Waals surface area (Å²) in [5.41, 5.74) is 2.16. The third-order valence-electron chi connectivity index (χ3n) is 7.69. The summed E-state index contributed by atoms with van der Waals surface area (Å²) in [4.78, 5) is 6.40. The Bertz CT molecular complexity index is 1160. The van der Waals surface area contributed by atoms with E-state index in [0.29, 0.717) is 19.0 Å². The molecule has 182 valence electrons. The van der Waals surface area contributed by atoms with Crippen LogP contribution in [0.25, 0.3) is 0 Å². The molecule has 0 unspecified atom stereocenters. The van der Waals surface area contributed by atoms with Gasteiger partial charge in [0.2, 0.25) is 0 Å². The van der Waals surface area contributed by atoms with E-state index in [9.17, 15) is 13.5 Å². The Kier molecular flexibility index (Phi) is 6.81. The van der Waals surface area contributed by atoms with Crippen LogP contribution < -0.4 is 0 Å². The molecule has 5 rings (SSSR count). The zero-order valence-electron chi connectivity index (χ0n) is 19.8. The van der Waals surface area contributed by atoms with E-state index in [1.165, 1.54) is 32.0 Å². The number of nitrogens with zero attached hydrogens (tertiary/aromatic N) is 4. The maximum absolute atomic E-state index is 13.3. The number of aryl methyl sites for hydroxylation is 1. The molecule has 34 heavy (non-hydrogen) atoms. The Morgan fingerprint density at radius 1 is 1.09 bits per heavy atom. The molecule has 1 saturated carbocycles. The summed E-state index contributed by atoms with van der Waals surface area (Å²) in [6, 6.07) is 8.41. The monoisotopic (exact) mass is 482 g/mol. The molecule has 3 atom stereocenters. The highest BCUT2D eigenvalue weighted by molar-refractivity contribution is 7.89. The van der Waals surface area contributed by atoms with Crippen LogP contribution in [0.3, 0.4) is 0 Å². The number of hydrogen-bond acceptors (Lipinski definition) is 5. The fourth-order valence-corrected chi connectivity index (χ4v) is 7.29. The molecule has 0 bridgehead atoms. The molecule has 1 aromatic heterocycles. The lowest BCUT2D eigenvalue weighted by Gasteiger charge is -2.57. The highest BCUT2D eigenvalue weighted by Gasteiger charge is 2.50. The zero-order valence-corrected chi connectivity index (χ0v) is 20.6. The second-order valence-corrected chi connectivity index (χ2v) is 11.8. The molecule has 0 amide bonds. The summed E-state index contributed by atoms with van der Waals surface area (Å²) in [5, 5.41) is 10.3. The van der Waals surface area contributed by atoms with Crippen molar-refractivity contribution in [3.8, 4) is 11.8 Å². The van der Waals surface area contributed by atoms with E-state index < -0.39 is 10.0 Å². The first-order chi connectivity index (χ1) is 16.5. The summed E-state index contributed by atoms with van der Waals surface area (Å²) in [6.07, 6.45) is 9.78. The van der Waals surface area contributed by atoms with Gasteiger partial charge in [0.25, 0.3) is 10.0 Å². The van der Waals surface area contributed by atoms with Gasteiger partial charge in [-0.3, -0.25) is 4.90 Å². The molecular formula is C26H34N4O3S. The lowest BCUT2D eigenvalue weighted by Crippen LogP contribution is -2.67. The van der Waals surface area contributed by atoms with Crippen molar-refractivity contribution in [1.29, 1.82) is 0 Å². The number of aliphatic hydroxyl groups excluding tert-OH is 1. The van der Waals surface area contributed by atoms with Crippen LogP contribution in [0, 0.1) is 17.8 Å². The number of aliphatic hydroxyl groups is 1. The molecule has 1 N–H and O–H groups in total. The maximum atomic E-state index is 13.3. The molecular weight excluding hydrogens is 448 g/mol. The molecule has 1 aromatic carbocycles. The van der Waals surface area contributed by atoms with Crippen molar-refractivity contribution >= 4 is 10.0 Å². The van der Waals surface area contributed by atoms with Crippen molar-refractivity contribution in [3.63, 3.8) is 0 Å². The number of hydrogen-bond donors (Lipinski definition) is 1. The minimum absolute atomic E-state index is 0.0120. The normalized spacial score (nSPS) is 26.7. The Labute approximate surface area is 202 Å². The molecule has 2 aromatic rings. The molecule has 7 nitrogen and oxygen atoms in total. The van der Waals surface area contributed by atoms with Gasteiger partial charge in [0.1, 0.15) is 0 Å². The molecule has 8 heteroatoms. The fourth-order valence-electron chi connectivity index (χ4n) is 5.83. The average Bonchev–Trinajstić information content (AvgIpc) is 3.49. The van der Waals surface area contributed by atoms with E-state index >= 15 is 0 Å². The fraction of sp³-hybridized carbons (Fsp3) is 0.577. The summed E-state index contributed by atoms with van der Waals surface area (Å²) in [7, 11) is -1.89. The van der Waals surface area contributed by atoms with Crippen LogP contribution in [0.2, 0.25) is 0 Å². The van der Waals surface area contributed by atoms with Gasteiger partial charge in [0.15, 0.2) is 5.03 Å². The molecule has 3 heterocycles. The van der Waals surface area contributed by atoms with Crippen molar-refractivity contribution in [3.05, 3.63) is 47.9 Å². The minimum atomic E-state index is -3.66. The average molecular weight is 483 g/mol. The smallest absolute Gasteiger partial charge is 0.262 e. The van der Waals surface area contributed by atoms with E-state index in [2.05, 4.69) is 46.0 Å². The van der Waals surface area contributed by atoms with Crippen LogP contribution in [0.15, 0.2) is 41.8 Å². The molecule has 0 spiro atoms. The van der Waals surface area contributed by atoms with Gasteiger partial charge < -0.3 is 9.67 Å². The Morgan fingerprint density at radius 2 is 1.82 bits per heavy atom. The van der Waals surface area contributed by atoms with Crippen molar-refractivity contribution in [2.24, 2.45) is 13.0 Å². The van der Waals surface area contributed by atoms with E-state index in [-0.39, 0.29) is 29.6 Å². The lowest BCUT2D eigenvalue weighted by atomic mass is 9.74. The quantitative estimate of drug-likeness (QED) is 0.678. The first kappa shape index (κ1) is 23.6. The first-order valence-corrected chi connectivity index (χ1v) is 13.9. The van der Waals surface area contributed by atoms with Crippen LogP contribution >= 0.6 is 0 Å². The molecule has 3 aliphatic rings. The van der Waals surface area contributed by atoms with Gasteiger partial charge in [0, 0.05) is 55.8 Å². The van der Waals surface area contributed by atoms with Crippen LogP contribution in [-0.2, 0) is 17.1 Å². The largest absolute Gasteiger partial charge is 0.395 e. The van der Waals surface area contributed by atoms with Gasteiger partial charge in [-0.1, -0.05) is 36.8 Å². The van der Waals surface area contributed by atoms with Crippen molar-refractivity contribution in [2.45, 2.75) is 61.6 Å². The van der Waals surface area contributed by atoms with Gasteiger partial charge in [-0.15, -0.1) is 0 Å². The highest BCUT2D eigenvalue weighted by atomic mass is 32.2. The van der Waals surface area contributed by atoms with E-state index in [1.54, 1.807) is 22.1 Å². The molecule has 2 aliphatic heterocycles. The third-order valence-corrected chi connectivity index (χ3v) is 9.44. The van der Waals surface area contributed by atoms with Crippen LogP contribution in [0.4, 0.5) is 0 Å². The van der Waals surface area contributed by atoms with E-state index in [1.807, 2.05) is 0 Å². The van der Waals surface area contributed by atoms with Gasteiger partial charge >= 0.3 is 0 Å². The second-order valence-electron chi connectivity index (χ2n) is 9.90. The Hall–Kier alpha value is -2.18. The maximum Gasteiger partial charge on any atom is 0.262 e. The summed E-state index contributed by atoms with van der Waals surface area (Å²) < 4.78 is 29.9. The standard InChI is InChI=1S/C26H34N4O3S/c1-28-17-25(27-19-28)34(32,33)29-14-4-5-15-30-23(16-29)26(24(30)18-31)22-12-10-21(11-13-22)9-8-20-6-2-3-7-20/h10-13,17,19-20,23-24,26,31H,2-7,14-16,18H2,1H3/t23-,24+,26-/m0/s1. The predicted molar refractivity (Wildman–Crippen MR) is 131 cm³/mol. The Morgan fingerprint density at radius 3 is 2.50 bits per heavy atom. The molecule has 2 saturated heterocycles. The van der Waals surface area contributed by atoms with Gasteiger partial charge in [0.05, 0.1) is 12.9 Å². The molecule has 0 radical (unpaired) electrons. The lowest BCUT2D eigenvalue weighted by molar-refractivity contribution is -0.0554. The molecule has 3 fully saturated rings. The number of rotatable bonds is 4. The van der Waals surface area contributed by atoms with Gasteiger partial charge in [-0.25, -0.2) is 13.4 Å². The second kappa shape index (κ2) is 9.82. The Balaban J connectivity index is 1.37. The minimum Gasteiger partial charge on any atom is -0.395 e. The highest BCUT2D eigenvalue weighted by Crippen LogP contribution is 2.42. The van der Waals surface area contributed by atoms with Crippen LogP contribution in [-0.4, -0.2) is 70.6 Å². The van der Waals surface area contributed by atoms with E-state index in [4.69, 9.17) is 0 Å². The summed E-state index contributed by atoms with van der Waals surface area (Å²) in [6.45, 7) is 1.85. The third kappa shape index (κ3) is 4.55.